The van der Waals surface area contributed by atoms with Gasteiger partial charge in [0.25, 0.3) is 5.91 Å². The summed E-state index contributed by atoms with van der Waals surface area (Å²) in [6.45, 7) is 12.1. The Labute approximate surface area is 181 Å². The molecule has 8 nitrogen and oxygen atoms in total. The van der Waals surface area contributed by atoms with Crippen molar-refractivity contribution in [2.75, 3.05) is 51.1 Å². The molecule has 2 heterocycles. The molecule has 1 saturated heterocycles. The first kappa shape index (κ1) is 22.3. The van der Waals surface area contributed by atoms with E-state index in [0.717, 1.165) is 55.5 Å². The van der Waals surface area contributed by atoms with E-state index >= 15 is 0 Å². The van der Waals surface area contributed by atoms with Crippen LogP contribution in [0.2, 0.25) is 0 Å². The first-order valence-corrected chi connectivity index (χ1v) is 11.2. The Balaban J connectivity index is 1.46. The summed E-state index contributed by atoms with van der Waals surface area (Å²) in [5.74, 6) is -0.0378. The fourth-order valence-corrected chi connectivity index (χ4v) is 4.17. The maximum absolute atomic E-state index is 12.4. The number of amides is 2. The number of nitrogens with one attached hydrogen (secondary N) is 1. The molecule has 1 aromatic heterocycles. The van der Waals surface area contributed by atoms with Gasteiger partial charge in [0.2, 0.25) is 10.9 Å². The van der Waals surface area contributed by atoms with Crippen LogP contribution >= 0.6 is 11.3 Å². The minimum absolute atomic E-state index is 0.196. The Hall–Kier alpha value is -2.36. The molecular formula is C21H30N6O2S. The Morgan fingerprint density at radius 1 is 1.03 bits per heavy atom. The van der Waals surface area contributed by atoms with Crippen LogP contribution in [0.4, 0.5) is 5.69 Å². The molecule has 0 saturated carbocycles. The Bertz CT molecular complexity index is 841. The quantitative estimate of drug-likeness (QED) is 0.691. The highest BCUT2D eigenvalue weighted by Crippen LogP contribution is 2.16. The molecule has 3 rings (SSSR count). The molecule has 0 spiro atoms. The molecule has 1 aliphatic rings. The number of anilines is 1. The van der Waals surface area contributed by atoms with Crippen LogP contribution in [-0.4, -0.2) is 82.5 Å². The number of carbonyl (C=O) groups excluding carboxylic acids is 2. The summed E-state index contributed by atoms with van der Waals surface area (Å²) in [6.07, 6.45) is 0. The van der Waals surface area contributed by atoms with Crippen molar-refractivity contribution in [3.63, 3.8) is 0 Å². The molecule has 1 fully saturated rings. The standard InChI is InChI=1S/C21H30N6O2S/c1-4-27(5-2)19(28)15-26-12-10-25(11-13-26)14-18-23-24-21(30-18)20(29)22-17-8-6-16(3)7-9-17/h6-9H,4-5,10-15H2,1-3H3,(H,22,29). The first-order valence-electron chi connectivity index (χ1n) is 10.4. The lowest BCUT2D eigenvalue weighted by Crippen LogP contribution is -2.49. The SMILES string of the molecule is CCN(CC)C(=O)CN1CCN(Cc2nnc(C(=O)Nc3ccc(C)cc3)s2)CC1. The summed E-state index contributed by atoms with van der Waals surface area (Å²) in [4.78, 5) is 31.0. The number of piperazine rings is 1. The number of aryl methyl sites for hydroxylation is 1. The van der Waals surface area contributed by atoms with Gasteiger partial charge in [0.1, 0.15) is 5.01 Å². The minimum Gasteiger partial charge on any atom is -0.342 e. The lowest BCUT2D eigenvalue weighted by molar-refractivity contribution is -0.132. The van der Waals surface area contributed by atoms with E-state index in [2.05, 4.69) is 25.3 Å². The van der Waals surface area contributed by atoms with Gasteiger partial charge in [-0.3, -0.25) is 19.4 Å². The molecule has 0 aliphatic carbocycles. The molecule has 0 radical (unpaired) electrons. The van der Waals surface area contributed by atoms with Crippen LogP contribution in [0.1, 0.15) is 34.2 Å². The maximum Gasteiger partial charge on any atom is 0.286 e. The molecule has 0 unspecified atom stereocenters. The Kier molecular flexibility index (Phi) is 7.89. The van der Waals surface area contributed by atoms with Gasteiger partial charge in [-0.05, 0) is 32.9 Å². The largest absolute Gasteiger partial charge is 0.342 e. The number of hydrogen-bond acceptors (Lipinski definition) is 7. The molecule has 1 N–H and O–H groups in total. The lowest BCUT2D eigenvalue weighted by Gasteiger charge is -2.34. The number of rotatable bonds is 8. The molecule has 30 heavy (non-hydrogen) atoms. The summed E-state index contributed by atoms with van der Waals surface area (Å²) >= 11 is 1.33. The topological polar surface area (TPSA) is 81.7 Å². The van der Waals surface area contributed by atoms with Crippen molar-refractivity contribution >= 4 is 28.8 Å². The zero-order valence-electron chi connectivity index (χ0n) is 17.9. The van der Waals surface area contributed by atoms with E-state index < -0.39 is 0 Å². The summed E-state index contributed by atoms with van der Waals surface area (Å²) in [5, 5.41) is 12.3. The molecule has 1 aliphatic heterocycles. The average molecular weight is 431 g/mol. The normalized spacial score (nSPS) is 15.2. The van der Waals surface area contributed by atoms with Crippen LogP contribution in [-0.2, 0) is 11.3 Å². The second-order valence-electron chi connectivity index (χ2n) is 7.44. The third kappa shape index (κ3) is 6.07. The Morgan fingerprint density at radius 3 is 2.30 bits per heavy atom. The van der Waals surface area contributed by atoms with E-state index in [9.17, 15) is 9.59 Å². The zero-order chi connectivity index (χ0) is 21.5. The average Bonchev–Trinajstić information content (AvgIpc) is 3.21. The van der Waals surface area contributed by atoms with Crippen LogP contribution in [0.25, 0.3) is 0 Å². The second kappa shape index (κ2) is 10.6. The molecule has 9 heteroatoms. The number of nitrogens with zero attached hydrogens (tertiary/aromatic N) is 5. The Morgan fingerprint density at radius 2 is 1.67 bits per heavy atom. The number of carbonyl (C=O) groups is 2. The van der Waals surface area contributed by atoms with Crippen molar-refractivity contribution in [3.05, 3.63) is 39.8 Å². The van der Waals surface area contributed by atoms with Crippen LogP contribution in [0.5, 0.6) is 0 Å². The van der Waals surface area contributed by atoms with Gasteiger partial charge >= 0.3 is 0 Å². The van der Waals surface area contributed by atoms with Crippen molar-refractivity contribution < 1.29 is 9.59 Å². The number of hydrogen-bond donors (Lipinski definition) is 1. The van der Waals surface area contributed by atoms with Crippen LogP contribution in [0.3, 0.4) is 0 Å². The molecule has 0 bridgehead atoms. The van der Waals surface area contributed by atoms with E-state index in [1.807, 2.05) is 49.9 Å². The lowest BCUT2D eigenvalue weighted by atomic mass is 10.2. The minimum atomic E-state index is -0.234. The molecule has 1 aromatic carbocycles. The smallest absolute Gasteiger partial charge is 0.286 e. The van der Waals surface area contributed by atoms with Crippen molar-refractivity contribution in [1.82, 2.24) is 24.9 Å². The van der Waals surface area contributed by atoms with Crippen molar-refractivity contribution in [2.45, 2.75) is 27.3 Å². The van der Waals surface area contributed by atoms with Crippen molar-refractivity contribution in [2.24, 2.45) is 0 Å². The van der Waals surface area contributed by atoms with Gasteiger partial charge < -0.3 is 10.2 Å². The predicted molar refractivity (Wildman–Crippen MR) is 119 cm³/mol. The number of aromatic nitrogens is 2. The maximum atomic E-state index is 12.4. The molecule has 2 amide bonds. The highest BCUT2D eigenvalue weighted by molar-refractivity contribution is 7.13. The first-order chi connectivity index (χ1) is 14.5. The van der Waals surface area contributed by atoms with E-state index in [1.54, 1.807) is 0 Å². The molecular weight excluding hydrogens is 400 g/mol. The van der Waals surface area contributed by atoms with Crippen LogP contribution in [0, 0.1) is 6.92 Å². The summed E-state index contributed by atoms with van der Waals surface area (Å²) in [5.41, 5.74) is 1.89. The van der Waals surface area contributed by atoms with Gasteiger partial charge in [-0.1, -0.05) is 29.0 Å². The zero-order valence-corrected chi connectivity index (χ0v) is 18.7. The summed E-state index contributed by atoms with van der Waals surface area (Å²) in [7, 11) is 0. The van der Waals surface area contributed by atoms with E-state index in [1.165, 1.54) is 11.3 Å². The molecule has 2 aromatic rings. The molecule has 162 valence electrons. The van der Waals surface area contributed by atoms with Crippen LogP contribution in [0.15, 0.2) is 24.3 Å². The van der Waals surface area contributed by atoms with E-state index in [-0.39, 0.29) is 11.8 Å². The highest BCUT2D eigenvalue weighted by atomic mass is 32.1. The summed E-state index contributed by atoms with van der Waals surface area (Å²) < 4.78 is 0. The van der Waals surface area contributed by atoms with Crippen LogP contribution < -0.4 is 5.32 Å². The van der Waals surface area contributed by atoms with E-state index in [0.29, 0.717) is 18.1 Å². The number of likely N-dealkylation sites (N-methyl/N-ethyl adjacent to an activating group) is 1. The number of benzene rings is 1. The van der Waals surface area contributed by atoms with Gasteiger partial charge in [0.05, 0.1) is 13.1 Å². The predicted octanol–water partition coefficient (Wildman–Crippen LogP) is 2.08. The van der Waals surface area contributed by atoms with Crippen molar-refractivity contribution in [3.8, 4) is 0 Å². The third-order valence-electron chi connectivity index (χ3n) is 5.27. The monoisotopic (exact) mass is 430 g/mol. The van der Waals surface area contributed by atoms with Gasteiger partial charge in [0.15, 0.2) is 0 Å². The van der Waals surface area contributed by atoms with Gasteiger partial charge in [-0.15, -0.1) is 10.2 Å². The van der Waals surface area contributed by atoms with Gasteiger partial charge in [-0.2, -0.15) is 0 Å². The third-order valence-corrected chi connectivity index (χ3v) is 6.18. The van der Waals surface area contributed by atoms with E-state index in [4.69, 9.17) is 0 Å². The fourth-order valence-electron chi connectivity index (χ4n) is 3.40. The van der Waals surface area contributed by atoms with Crippen molar-refractivity contribution in [1.29, 1.82) is 0 Å². The summed E-state index contributed by atoms with van der Waals surface area (Å²) in [6, 6.07) is 7.66. The molecule has 0 atom stereocenters. The second-order valence-corrected chi connectivity index (χ2v) is 8.50. The fraction of sp³-hybridized carbons (Fsp3) is 0.524. The van der Waals surface area contributed by atoms with Gasteiger partial charge in [-0.25, -0.2) is 0 Å². The highest BCUT2D eigenvalue weighted by Gasteiger charge is 2.22. The van der Waals surface area contributed by atoms with Gasteiger partial charge in [0, 0.05) is 45.0 Å².